The summed E-state index contributed by atoms with van der Waals surface area (Å²) in [6.07, 6.45) is 4.24. The third kappa shape index (κ3) is 4.76. The molecule has 0 radical (unpaired) electrons. The summed E-state index contributed by atoms with van der Waals surface area (Å²) in [6.45, 7) is 0.305. The average molecular weight is 255 g/mol. The van der Waals surface area contributed by atoms with Crippen molar-refractivity contribution in [2.75, 3.05) is 11.9 Å². The molecule has 2 aromatic rings. The number of aliphatic hydroxyl groups is 1. The van der Waals surface area contributed by atoms with Crippen molar-refractivity contribution >= 4 is 11.4 Å². The number of rotatable bonds is 7. The maximum absolute atomic E-state index is 8.73. The van der Waals surface area contributed by atoms with Gasteiger partial charge in [-0.05, 0) is 49.1 Å². The van der Waals surface area contributed by atoms with Crippen LogP contribution in [0.3, 0.4) is 0 Å². The summed E-state index contributed by atoms with van der Waals surface area (Å²) >= 11 is 0. The molecule has 2 rings (SSSR count). The van der Waals surface area contributed by atoms with Crippen LogP contribution >= 0.6 is 0 Å². The smallest absolute Gasteiger partial charge is 0.0431 e. The SMILES string of the molecule is OCCCCCc1ccc(Nc2ccccc2)cc1. The highest BCUT2D eigenvalue weighted by molar-refractivity contribution is 5.59. The fourth-order valence-corrected chi connectivity index (χ4v) is 2.06. The number of aryl methyl sites for hydroxylation is 1. The summed E-state index contributed by atoms with van der Waals surface area (Å²) in [7, 11) is 0. The van der Waals surface area contributed by atoms with Crippen LogP contribution in [-0.4, -0.2) is 11.7 Å². The number of aliphatic hydroxyl groups excluding tert-OH is 1. The third-order valence-electron chi connectivity index (χ3n) is 3.14. The van der Waals surface area contributed by atoms with E-state index in [1.807, 2.05) is 18.2 Å². The molecule has 2 N–H and O–H groups in total. The molecule has 0 heterocycles. The molecule has 2 aromatic carbocycles. The lowest BCUT2D eigenvalue weighted by Gasteiger charge is -2.07. The van der Waals surface area contributed by atoms with Crippen LogP contribution in [0.2, 0.25) is 0 Å². The Morgan fingerprint density at radius 3 is 2.11 bits per heavy atom. The summed E-state index contributed by atoms with van der Waals surface area (Å²) in [6, 6.07) is 18.8. The lowest BCUT2D eigenvalue weighted by atomic mass is 10.1. The Labute approximate surface area is 115 Å². The zero-order chi connectivity index (χ0) is 13.3. The molecule has 0 aliphatic heterocycles. The van der Waals surface area contributed by atoms with Gasteiger partial charge in [-0.1, -0.05) is 36.8 Å². The van der Waals surface area contributed by atoms with Crippen LogP contribution in [0, 0.1) is 0 Å². The Hall–Kier alpha value is -1.80. The maximum Gasteiger partial charge on any atom is 0.0431 e. The first-order valence-electron chi connectivity index (χ1n) is 6.90. The van der Waals surface area contributed by atoms with Crippen LogP contribution in [0.4, 0.5) is 11.4 Å². The first-order valence-corrected chi connectivity index (χ1v) is 6.90. The topological polar surface area (TPSA) is 32.3 Å². The molecule has 2 heteroatoms. The summed E-state index contributed by atoms with van der Waals surface area (Å²) < 4.78 is 0. The van der Waals surface area contributed by atoms with E-state index in [2.05, 4.69) is 41.7 Å². The highest BCUT2D eigenvalue weighted by atomic mass is 16.2. The number of nitrogens with one attached hydrogen (secondary N) is 1. The average Bonchev–Trinajstić information content (AvgIpc) is 2.46. The Morgan fingerprint density at radius 2 is 1.42 bits per heavy atom. The molecule has 100 valence electrons. The van der Waals surface area contributed by atoms with Crippen LogP contribution in [0.15, 0.2) is 54.6 Å². The summed E-state index contributed by atoms with van der Waals surface area (Å²) in [4.78, 5) is 0. The number of unbranched alkanes of at least 4 members (excludes halogenated alkanes) is 2. The quantitative estimate of drug-likeness (QED) is 0.729. The van der Waals surface area contributed by atoms with E-state index in [1.54, 1.807) is 0 Å². The highest BCUT2D eigenvalue weighted by Crippen LogP contribution is 2.17. The fraction of sp³-hybridized carbons (Fsp3) is 0.294. The van der Waals surface area contributed by atoms with Crippen LogP contribution in [0.25, 0.3) is 0 Å². The first-order chi connectivity index (χ1) is 9.38. The van der Waals surface area contributed by atoms with E-state index in [9.17, 15) is 0 Å². The second-order valence-corrected chi connectivity index (χ2v) is 4.72. The molecule has 0 atom stereocenters. The van der Waals surface area contributed by atoms with Gasteiger partial charge in [0.25, 0.3) is 0 Å². The lowest BCUT2D eigenvalue weighted by Crippen LogP contribution is -1.91. The molecule has 0 bridgehead atoms. The van der Waals surface area contributed by atoms with Crippen molar-refractivity contribution in [1.29, 1.82) is 0 Å². The minimum Gasteiger partial charge on any atom is -0.396 e. The van der Waals surface area contributed by atoms with E-state index in [0.717, 1.165) is 37.1 Å². The second-order valence-electron chi connectivity index (χ2n) is 4.72. The fourth-order valence-electron chi connectivity index (χ4n) is 2.06. The van der Waals surface area contributed by atoms with Gasteiger partial charge in [0.15, 0.2) is 0 Å². The molecule has 0 aliphatic carbocycles. The van der Waals surface area contributed by atoms with E-state index in [-0.39, 0.29) is 0 Å². The Morgan fingerprint density at radius 1 is 0.737 bits per heavy atom. The molecule has 0 aliphatic rings. The standard InChI is InChI=1S/C17H21NO/c19-14-6-2-3-7-15-10-12-17(13-11-15)18-16-8-4-1-5-9-16/h1,4-5,8-13,18-19H,2-3,6-7,14H2. The van der Waals surface area contributed by atoms with Gasteiger partial charge in [0.05, 0.1) is 0 Å². The van der Waals surface area contributed by atoms with E-state index < -0.39 is 0 Å². The van der Waals surface area contributed by atoms with Gasteiger partial charge >= 0.3 is 0 Å². The van der Waals surface area contributed by atoms with Gasteiger partial charge in [-0.3, -0.25) is 0 Å². The number of hydrogen-bond donors (Lipinski definition) is 2. The molecule has 0 saturated carbocycles. The lowest BCUT2D eigenvalue weighted by molar-refractivity contribution is 0.283. The van der Waals surface area contributed by atoms with E-state index >= 15 is 0 Å². The molecule has 0 aromatic heterocycles. The number of para-hydroxylation sites is 1. The Balaban J connectivity index is 1.84. The molecule has 0 spiro atoms. The van der Waals surface area contributed by atoms with Gasteiger partial charge in [-0.25, -0.2) is 0 Å². The van der Waals surface area contributed by atoms with Crippen molar-refractivity contribution in [1.82, 2.24) is 0 Å². The van der Waals surface area contributed by atoms with Gasteiger partial charge in [0.1, 0.15) is 0 Å². The van der Waals surface area contributed by atoms with Crippen LogP contribution < -0.4 is 5.32 Å². The van der Waals surface area contributed by atoms with Crippen LogP contribution in [-0.2, 0) is 6.42 Å². The summed E-state index contributed by atoms with van der Waals surface area (Å²) in [5, 5.41) is 12.1. The third-order valence-corrected chi connectivity index (χ3v) is 3.14. The molecule has 0 fully saturated rings. The number of anilines is 2. The van der Waals surface area contributed by atoms with E-state index in [0.29, 0.717) is 6.61 Å². The molecule has 0 unspecified atom stereocenters. The van der Waals surface area contributed by atoms with Crippen molar-refractivity contribution in [3.05, 3.63) is 60.2 Å². The van der Waals surface area contributed by atoms with Gasteiger partial charge in [-0.2, -0.15) is 0 Å². The minimum atomic E-state index is 0.305. The van der Waals surface area contributed by atoms with Crippen molar-refractivity contribution in [3.63, 3.8) is 0 Å². The second kappa shape index (κ2) is 7.59. The predicted molar refractivity (Wildman–Crippen MR) is 80.8 cm³/mol. The van der Waals surface area contributed by atoms with E-state index in [4.69, 9.17) is 5.11 Å². The zero-order valence-electron chi connectivity index (χ0n) is 11.2. The minimum absolute atomic E-state index is 0.305. The Bertz CT molecular complexity index is 464. The van der Waals surface area contributed by atoms with Crippen molar-refractivity contribution in [2.45, 2.75) is 25.7 Å². The maximum atomic E-state index is 8.73. The monoisotopic (exact) mass is 255 g/mol. The summed E-state index contributed by atoms with van der Waals surface area (Å²) in [5.74, 6) is 0. The molecular formula is C17H21NO. The molecule has 0 saturated heterocycles. The number of hydrogen-bond acceptors (Lipinski definition) is 2. The van der Waals surface area contributed by atoms with Crippen LogP contribution in [0.1, 0.15) is 24.8 Å². The van der Waals surface area contributed by atoms with Crippen molar-refractivity contribution in [3.8, 4) is 0 Å². The van der Waals surface area contributed by atoms with E-state index in [1.165, 1.54) is 5.56 Å². The zero-order valence-corrected chi connectivity index (χ0v) is 11.2. The Kier molecular flexibility index (Phi) is 5.45. The highest BCUT2D eigenvalue weighted by Gasteiger charge is 1.96. The van der Waals surface area contributed by atoms with Gasteiger partial charge < -0.3 is 10.4 Å². The predicted octanol–water partition coefficient (Wildman–Crippen LogP) is 4.14. The van der Waals surface area contributed by atoms with Gasteiger partial charge in [0.2, 0.25) is 0 Å². The van der Waals surface area contributed by atoms with Gasteiger partial charge in [0, 0.05) is 18.0 Å². The van der Waals surface area contributed by atoms with Crippen LogP contribution in [0.5, 0.6) is 0 Å². The summed E-state index contributed by atoms with van der Waals surface area (Å²) in [5.41, 5.74) is 3.58. The van der Waals surface area contributed by atoms with Crippen molar-refractivity contribution in [2.24, 2.45) is 0 Å². The molecular weight excluding hydrogens is 234 g/mol. The molecule has 2 nitrogen and oxygen atoms in total. The van der Waals surface area contributed by atoms with Crippen molar-refractivity contribution < 1.29 is 5.11 Å². The normalized spacial score (nSPS) is 10.4. The van der Waals surface area contributed by atoms with Gasteiger partial charge in [-0.15, -0.1) is 0 Å². The molecule has 19 heavy (non-hydrogen) atoms. The molecule has 0 amide bonds. The largest absolute Gasteiger partial charge is 0.396 e. The first kappa shape index (κ1) is 13.6. The number of benzene rings is 2.